The summed E-state index contributed by atoms with van der Waals surface area (Å²) >= 11 is 0. The Morgan fingerprint density at radius 2 is 1.52 bits per heavy atom. The van der Waals surface area contributed by atoms with Crippen molar-refractivity contribution in [1.29, 1.82) is 0 Å². The predicted octanol–water partition coefficient (Wildman–Crippen LogP) is 4.14. The number of amides is 2. The molecule has 0 saturated carbocycles. The van der Waals surface area contributed by atoms with Gasteiger partial charge >= 0.3 is 5.97 Å². The Balaban J connectivity index is 1.96. The van der Waals surface area contributed by atoms with Crippen LogP contribution >= 0.6 is 0 Å². The van der Waals surface area contributed by atoms with E-state index >= 15 is 0 Å². The van der Waals surface area contributed by atoms with Crippen molar-refractivity contribution in [1.82, 2.24) is 4.90 Å². The fraction of sp³-hybridized carbons (Fsp3) is 0.400. The lowest BCUT2D eigenvalue weighted by Crippen LogP contribution is -2.39. The van der Waals surface area contributed by atoms with E-state index in [1.54, 1.807) is 23.1 Å². The number of halogens is 1. The summed E-state index contributed by atoms with van der Waals surface area (Å²) in [6.45, 7) is 8.39. The molecule has 7 nitrogen and oxygen atoms in total. The van der Waals surface area contributed by atoms with E-state index in [-0.39, 0.29) is 41.4 Å². The lowest BCUT2D eigenvalue weighted by atomic mass is 10.1. The van der Waals surface area contributed by atoms with Crippen molar-refractivity contribution in [3.63, 3.8) is 0 Å². The summed E-state index contributed by atoms with van der Waals surface area (Å²) in [6, 6.07) is 12.0. The number of nitrogens with one attached hydrogen (secondary N) is 1. The van der Waals surface area contributed by atoms with Crippen LogP contribution in [0.2, 0.25) is 0 Å². The molecule has 33 heavy (non-hydrogen) atoms. The van der Waals surface area contributed by atoms with Crippen molar-refractivity contribution >= 4 is 23.5 Å². The quantitative estimate of drug-likeness (QED) is 0.512. The molecule has 2 amide bonds. The number of carbonyl (C=O) groups excluding carboxylic acids is 3. The summed E-state index contributed by atoms with van der Waals surface area (Å²) < 4.78 is 24.4. The van der Waals surface area contributed by atoms with Gasteiger partial charge in [-0.3, -0.25) is 9.59 Å². The first-order valence-electron chi connectivity index (χ1n) is 10.9. The summed E-state index contributed by atoms with van der Waals surface area (Å²) in [5.41, 5.74) is 0.118. The van der Waals surface area contributed by atoms with Crippen LogP contribution < -0.4 is 10.1 Å². The minimum absolute atomic E-state index is 0.0321. The molecule has 0 saturated heterocycles. The fourth-order valence-corrected chi connectivity index (χ4v) is 3.11. The van der Waals surface area contributed by atoms with E-state index in [0.29, 0.717) is 13.1 Å². The molecule has 0 heterocycles. The topological polar surface area (TPSA) is 84.9 Å². The molecule has 1 N–H and O–H groups in total. The number of nitrogens with zero attached hydrogens (tertiary/aromatic N) is 1. The van der Waals surface area contributed by atoms with Crippen molar-refractivity contribution in [3.8, 4) is 5.75 Å². The fourth-order valence-electron chi connectivity index (χ4n) is 3.11. The number of ether oxygens (including phenoxy) is 2. The highest BCUT2D eigenvalue weighted by Gasteiger charge is 2.20. The van der Waals surface area contributed by atoms with E-state index in [2.05, 4.69) is 5.32 Å². The van der Waals surface area contributed by atoms with Crippen LogP contribution in [-0.2, 0) is 14.3 Å². The second kappa shape index (κ2) is 12.6. The Labute approximate surface area is 193 Å². The average Bonchev–Trinajstić information content (AvgIpc) is 2.76. The van der Waals surface area contributed by atoms with Gasteiger partial charge in [-0.1, -0.05) is 52.0 Å². The zero-order chi connectivity index (χ0) is 24.4. The maximum absolute atomic E-state index is 13.7. The Hall–Kier alpha value is -3.42. The molecule has 0 radical (unpaired) electrons. The first-order chi connectivity index (χ1) is 15.7. The zero-order valence-electron chi connectivity index (χ0n) is 19.5. The van der Waals surface area contributed by atoms with Crippen LogP contribution in [0.3, 0.4) is 0 Å². The van der Waals surface area contributed by atoms with E-state index in [1.165, 1.54) is 30.3 Å². The van der Waals surface area contributed by atoms with Crippen molar-refractivity contribution < 1.29 is 28.2 Å². The number of carbonyl (C=O) groups is 3. The smallest absolute Gasteiger partial charge is 0.342 e. The maximum Gasteiger partial charge on any atom is 0.342 e. The molecule has 178 valence electrons. The number of benzene rings is 2. The van der Waals surface area contributed by atoms with Gasteiger partial charge in [-0.2, -0.15) is 0 Å². The summed E-state index contributed by atoms with van der Waals surface area (Å²) in [7, 11) is 0. The highest BCUT2D eigenvalue weighted by molar-refractivity contribution is 5.95. The first-order valence-corrected chi connectivity index (χ1v) is 10.9. The number of esters is 1. The molecular formula is C25H31FN2O5. The average molecular weight is 459 g/mol. The van der Waals surface area contributed by atoms with Gasteiger partial charge in [-0.25, -0.2) is 9.18 Å². The SMILES string of the molecule is CC(C)CN(CC(C)C)C(=O)COC(=O)c1ccccc1OCC(=O)Nc1ccccc1F. The minimum atomic E-state index is -0.734. The largest absolute Gasteiger partial charge is 0.483 e. The third-order valence-electron chi connectivity index (χ3n) is 4.46. The van der Waals surface area contributed by atoms with E-state index < -0.39 is 24.3 Å². The van der Waals surface area contributed by atoms with E-state index in [9.17, 15) is 18.8 Å². The number of anilines is 1. The van der Waals surface area contributed by atoms with Gasteiger partial charge in [0.2, 0.25) is 0 Å². The van der Waals surface area contributed by atoms with Gasteiger partial charge in [0.05, 0.1) is 5.69 Å². The molecular weight excluding hydrogens is 427 g/mol. The second-order valence-electron chi connectivity index (χ2n) is 8.48. The molecule has 0 aliphatic rings. The Morgan fingerprint density at radius 1 is 0.909 bits per heavy atom. The van der Waals surface area contributed by atoms with E-state index in [1.807, 2.05) is 27.7 Å². The van der Waals surface area contributed by atoms with E-state index in [0.717, 1.165) is 0 Å². The van der Waals surface area contributed by atoms with Crippen LogP contribution in [-0.4, -0.2) is 49.0 Å². The van der Waals surface area contributed by atoms with Crippen LogP contribution in [0.15, 0.2) is 48.5 Å². The van der Waals surface area contributed by atoms with Gasteiger partial charge in [0.1, 0.15) is 17.1 Å². The molecule has 0 unspecified atom stereocenters. The highest BCUT2D eigenvalue weighted by atomic mass is 19.1. The standard InChI is InChI=1S/C25H31FN2O5/c1-17(2)13-28(14-18(3)4)24(30)16-33-25(31)19-9-5-8-12-22(19)32-15-23(29)27-21-11-7-6-10-20(21)26/h5-12,17-18H,13-16H2,1-4H3,(H,27,29). The van der Waals surface area contributed by atoms with Gasteiger partial charge < -0.3 is 19.7 Å². The number of hydrogen-bond acceptors (Lipinski definition) is 5. The van der Waals surface area contributed by atoms with Crippen molar-refractivity contribution in [3.05, 3.63) is 59.9 Å². The molecule has 0 bridgehead atoms. The van der Waals surface area contributed by atoms with Gasteiger partial charge in [0.25, 0.3) is 11.8 Å². The molecule has 2 rings (SSSR count). The molecule has 0 aliphatic heterocycles. The monoisotopic (exact) mass is 458 g/mol. The van der Waals surface area contributed by atoms with Gasteiger partial charge in [-0.15, -0.1) is 0 Å². The van der Waals surface area contributed by atoms with Gasteiger partial charge in [-0.05, 0) is 36.1 Å². The number of rotatable bonds is 11. The summed E-state index contributed by atoms with van der Waals surface area (Å²) in [5.74, 6) is -1.46. The Bertz CT molecular complexity index is 951. The van der Waals surface area contributed by atoms with Crippen LogP contribution in [0.1, 0.15) is 38.1 Å². The summed E-state index contributed by atoms with van der Waals surface area (Å²) in [6.07, 6.45) is 0. The molecule has 0 fully saturated rings. The van der Waals surface area contributed by atoms with Crippen LogP contribution in [0.4, 0.5) is 10.1 Å². The Morgan fingerprint density at radius 3 is 2.15 bits per heavy atom. The molecule has 0 aromatic heterocycles. The highest BCUT2D eigenvalue weighted by Crippen LogP contribution is 2.20. The first kappa shape index (κ1) is 25.8. The maximum atomic E-state index is 13.7. The third-order valence-corrected chi connectivity index (χ3v) is 4.46. The van der Waals surface area contributed by atoms with Gasteiger partial charge in [0.15, 0.2) is 13.2 Å². The molecule has 8 heteroatoms. The normalized spacial score (nSPS) is 10.8. The van der Waals surface area contributed by atoms with Crippen molar-refractivity contribution in [2.75, 3.05) is 31.6 Å². The lowest BCUT2D eigenvalue weighted by molar-refractivity contribution is -0.135. The molecule has 0 atom stereocenters. The molecule has 2 aromatic carbocycles. The van der Waals surface area contributed by atoms with E-state index in [4.69, 9.17) is 9.47 Å². The molecule has 0 aliphatic carbocycles. The minimum Gasteiger partial charge on any atom is -0.483 e. The number of hydrogen-bond donors (Lipinski definition) is 1. The lowest BCUT2D eigenvalue weighted by Gasteiger charge is -2.26. The van der Waals surface area contributed by atoms with Gasteiger partial charge in [0, 0.05) is 13.1 Å². The van der Waals surface area contributed by atoms with Crippen LogP contribution in [0.5, 0.6) is 5.75 Å². The van der Waals surface area contributed by atoms with Crippen molar-refractivity contribution in [2.45, 2.75) is 27.7 Å². The Kier molecular flexibility index (Phi) is 9.84. The van der Waals surface area contributed by atoms with Crippen LogP contribution in [0.25, 0.3) is 0 Å². The second-order valence-corrected chi connectivity index (χ2v) is 8.48. The number of para-hydroxylation sites is 2. The zero-order valence-corrected chi connectivity index (χ0v) is 19.5. The molecule has 2 aromatic rings. The summed E-state index contributed by atoms with van der Waals surface area (Å²) in [5, 5.41) is 2.41. The van der Waals surface area contributed by atoms with Crippen LogP contribution in [0, 0.1) is 17.7 Å². The molecule has 0 spiro atoms. The summed E-state index contributed by atoms with van der Waals surface area (Å²) in [4.78, 5) is 39.0. The third kappa shape index (κ3) is 8.56. The predicted molar refractivity (Wildman–Crippen MR) is 124 cm³/mol. The van der Waals surface area contributed by atoms with Crippen molar-refractivity contribution in [2.24, 2.45) is 11.8 Å².